The Bertz CT molecular complexity index is 583. The Hall–Kier alpha value is -2.49. The van der Waals surface area contributed by atoms with Gasteiger partial charge in [0.05, 0.1) is 19.9 Å². The Morgan fingerprint density at radius 3 is 2.62 bits per heavy atom. The molecule has 0 atom stereocenters. The molecule has 0 aliphatic rings. The molecular formula is C17H20N2O2. The molecule has 0 radical (unpaired) electrons. The third-order valence-corrected chi connectivity index (χ3v) is 3.02. The van der Waals surface area contributed by atoms with Gasteiger partial charge in [-0.1, -0.05) is 30.3 Å². The molecule has 0 spiro atoms. The van der Waals surface area contributed by atoms with Gasteiger partial charge in [0.1, 0.15) is 0 Å². The van der Waals surface area contributed by atoms with E-state index in [-0.39, 0.29) is 0 Å². The number of rotatable bonds is 7. The SMILES string of the molecule is CN/N=C/c1ccc(OCCc2ccccc2)c(OC)c1. The van der Waals surface area contributed by atoms with Crippen LogP contribution in [0.5, 0.6) is 11.5 Å². The highest BCUT2D eigenvalue weighted by Crippen LogP contribution is 2.27. The molecule has 0 aliphatic carbocycles. The van der Waals surface area contributed by atoms with Crippen LogP contribution in [0, 0.1) is 0 Å². The number of methoxy groups -OCH3 is 1. The van der Waals surface area contributed by atoms with Gasteiger partial charge >= 0.3 is 0 Å². The van der Waals surface area contributed by atoms with Crippen LogP contribution >= 0.6 is 0 Å². The summed E-state index contributed by atoms with van der Waals surface area (Å²) in [6.45, 7) is 0.615. The molecule has 1 N–H and O–H groups in total. The zero-order valence-corrected chi connectivity index (χ0v) is 12.4. The lowest BCUT2D eigenvalue weighted by Crippen LogP contribution is -2.03. The van der Waals surface area contributed by atoms with Crippen LogP contribution in [0.4, 0.5) is 0 Å². The summed E-state index contributed by atoms with van der Waals surface area (Å²) in [5.41, 5.74) is 4.93. The second-order valence-corrected chi connectivity index (χ2v) is 4.48. The van der Waals surface area contributed by atoms with Crippen molar-refractivity contribution in [3.63, 3.8) is 0 Å². The summed E-state index contributed by atoms with van der Waals surface area (Å²) in [6, 6.07) is 16.0. The molecule has 21 heavy (non-hydrogen) atoms. The summed E-state index contributed by atoms with van der Waals surface area (Å²) >= 11 is 0. The number of ether oxygens (including phenoxy) is 2. The molecule has 2 aromatic rings. The van der Waals surface area contributed by atoms with Crippen molar-refractivity contribution in [2.75, 3.05) is 20.8 Å². The molecule has 0 saturated carbocycles. The zero-order chi connectivity index (χ0) is 14.9. The minimum Gasteiger partial charge on any atom is -0.493 e. The maximum Gasteiger partial charge on any atom is 0.161 e. The lowest BCUT2D eigenvalue weighted by atomic mass is 10.2. The molecule has 110 valence electrons. The third-order valence-electron chi connectivity index (χ3n) is 3.02. The first-order valence-electron chi connectivity index (χ1n) is 6.88. The van der Waals surface area contributed by atoms with Gasteiger partial charge in [-0.15, -0.1) is 0 Å². The van der Waals surface area contributed by atoms with E-state index < -0.39 is 0 Å². The largest absolute Gasteiger partial charge is 0.493 e. The van der Waals surface area contributed by atoms with E-state index in [0.717, 1.165) is 17.7 Å². The fourth-order valence-electron chi connectivity index (χ4n) is 1.95. The van der Waals surface area contributed by atoms with Crippen LogP contribution in [-0.2, 0) is 6.42 Å². The Balaban J connectivity index is 1.97. The van der Waals surface area contributed by atoms with Crippen LogP contribution in [-0.4, -0.2) is 27.0 Å². The maximum absolute atomic E-state index is 5.81. The van der Waals surface area contributed by atoms with E-state index in [4.69, 9.17) is 9.47 Å². The minimum absolute atomic E-state index is 0.615. The molecule has 4 heteroatoms. The smallest absolute Gasteiger partial charge is 0.161 e. The predicted molar refractivity (Wildman–Crippen MR) is 85.3 cm³/mol. The molecule has 0 bridgehead atoms. The Morgan fingerprint density at radius 2 is 1.90 bits per heavy atom. The fraction of sp³-hybridized carbons (Fsp3) is 0.235. The van der Waals surface area contributed by atoms with Gasteiger partial charge in [0, 0.05) is 13.5 Å². The van der Waals surface area contributed by atoms with E-state index in [0.29, 0.717) is 12.4 Å². The summed E-state index contributed by atoms with van der Waals surface area (Å²) in [4.78, 5) is 0. The van der Waals surface area contributed by atoms with E-state index in [1.807, 2.05) is 36.4 Å². The highest BCUT2D eigenvalue weighted by atomic mass is 16.5. The van der Waals surface area contributed by atoms with Gasteiger partial charge < -0.3 is 14.9 Å². The number of hydrogen-bond donors (Lipinski definition) is 1. The molecule has 0 amide bonds. The molecule has 0 heterocycles. The maximum atomic E-state index is 5.81. The summed E-state index contributed by atoms with van der Waals surface area (Å²) in [7, 11) is 3.40. The standard InChI is InChI=1S/C17H20N2O2/c1-18-19-13-15-8-9-16(17(12-15)20-2)21-11-10-14-6-4-3-5-7-14/h3-9,12-13,18H,10-11H2,1-2H3/b19-13+. The number of benzene rings is 2. The lowest BCUT2D eigenvalue weighted by Gasteiger charge is -2.11. The van der Waals surface area contributed by atoms with Crippen LogP contribution in [0.2, 0.25) is 0 Å². The topological polar surface area (TPSA) is 42.9 Å². The van der Waals surface area contributed by atoms with E-state index in [1.165, 1.54) is 5.56 Å². The van der Waals surface area contributed by atoms with Crippen LogP contribution < -0.4 is 14.9 Å². The van der Waals surface area contributed by atoms with Gasteiger partial charge in [0.2, 0.25) is 0 Å². The van der Waals surface area contributed by atoms with Crippen molar-refractivity contribution in [1.29, 1.82) is 0 Å². The summed E-state index contributed by atoms with van der Waals surface area (Å²) in [6.07, 6.45) is 2.60. The van der Waals surface area contributed by atoms with Crippen molar-refractivity contribution in [2.45, 2.75) is 6.42 Å². The average molecular weight is 284 g/mol. The Labute approximate surface area is 125 Å². The third kappa shape index (κ3) is 4.53. The molecule has 0 aromatic heterocycles. The molecule has 2 aromatic carbocycles. The summed E-state index contributed by atoms with van der Waals surface area (Å²) < 4.78 is 11.2. The second kappa shape index (κ2) is 7.94. The van der Waals surface area contributed by atoms with E-state index >= 15 is 0 Å². The summed E-state index contributed by atoms with van der Waals surface area (Å²) in [5, 5.41) is 3.98. The van der Waals surface area contributed by atoms with Crippen molar-refractivity contribution < 1.29 is 9.47 Å². The monoisotopic (exact) mass is 284 g/mol. The van der Waals surface area contributed by atoms with Crippen LogP contribution in [0.15, 0.2) is 53.6 Å². The Kier molecular flexibility index (Phi) is 5.64. The van der Waals surface area contributed by atoms with Gasteiger partial charge in [-0.3, -0.25) is 0 Å². The molecule has 0 unspecified atom stereocenters. The number of hydrazone groups is 1. The van der Waals surface area contributed by atoms with Crippen LogP contribution in [0.25, 0.3) is 0 Å². The van der Waals surface area contributed by atoms with Crippen LogP contribution in [0.3, 0.4) is 0 Å². The molecule has 0 saturated heterocycles. The van der Waals surface area contributed by atoms with E-state index in [9.17, 15) is 0 Å². The summed E-state index contributed by atoms with van der Waals surface area (Å²) in [5.74, 6) is 1.46. The van der Waals surface area contributed by atoms with Crippen molar-refractivity contribution in [2.24, 2.45) is 5.10 Å². The van der Waals surface area contributed by atoms with Gasteiger partial charge in [0.25, 0.3) is 0 Å². The van der Waals surface area contributed by atoms with Gasteiger partial charge in [-0.25, -0.2) is 0 Å². The highest BCUT2D eigenvalue weighted by Gasteiger charge is 2.05. The zero-order valence-electron chi connectivity index (χ0n) is 12.4. The van der Waals surface area contributed by atoms with Crippen molar-refractivity contribution in [3.05, 3.63) is 59.7 Å². The Morgan fingerprint density at radius 1 is 1.10 bits per heavy atom. The fourth-order valence-corrected chi connectivity index (χ4v) is 1.95. The van der Waals surface area contributed by atoms with Gasteiger partial charge in [-0.05, 0) is 29.3 Å². The molecule has 4 nitrogen and oxygen atoms in total. The van der Waals surface area contributed by atoms with Crippen molar-refractivity contribution in [1.82, 2.24) is 5.43 Å². The van der Waals surface area contributed by atoms with Gasteiger partial charge in [-0.2, -0.15) is 5.10 Å². The predicted octanol–water partition coefficient (Wildman–Crippen LogP) is 2.87. The lowest BCUT2D eigenvalue weighted by molar-refractivity contribution is 0.297. The van der Waals surface area contributed by atoms with E-state index in [2.05, 4.69) is 22.7 Å². The van der Waals surface area contributed by atoms with E-state index in [1.54, 1.807) is 20.4 Å². The molecule has 0 fully saturated rings. The second-order valence-electron chi connectivity index (χ2n) is 4.48. The highest BCUT2D eigenvalue weighted by molar-refractivity contribution is 5.80. The minimum atomic E-state index is 0.615. The van der Waals surface area contributed by atoms with Crippen molar-refractivity contribution in [3.8, 4) is 11.5 Å². The molecule has 2 rings (SSSR count). The first-order chi connectivity index (χ1) is 10.3. The van der Waals surface area contributed by atoms with Crippen LogP contribution in [0.1, 0.15) is 11.1 Å². The average Bonchev–Trinajstić information content (AvgIpc) is 2.54. The quantitative estimate of drug-likeness (QED) is 0.628. The number of nitrogens with one attached hydrogen (secondary N) is 1. The molecule has 0 aliphatic heterocycles. The van der Waals surface area contributed by atoms with Crippen molar-refractivity contribution >= 4 is 6.21 Å². The first kappa shape index (κ1) is 14.9. The normalized spacial score (nSPS) is 10.6. The first-order valence-corrected chi connectivity index (χ1v) is 6.88. The number of nitrogens with zero attached hydrogens (tertiary/aromatic N) is 1. The molecular weight excluding hydrogens is 264 g/mol. The number of hydrogen-bond acceptors (Lipinski definition) is 4. The van der Waals surface area contributed by atoms with Gasteiger partial charge in [0.15, 0.2) is 11.5 Å².